The van der Waals surface area contributed by atoms with Gasteiger partial charge in [0.2, 0.25) is 0 Å². The maximum absolute atomic E-state index is 12.6. The Kier molecular flexibility index (Phi) is 5.34. The van der Waals surface area contributed by atoms with E-state index >= 15 is 0 Å². The second kappa shape index (κ2) is 6.36. The number of nitrogens with zero attached hydrogens (tertiary/aromatic N) is 1. The minimum Gasteiger partial charge on any atom is -0.481 e. The molecule has 1 amide bonds. The molecule has 1 aromatic carbocycles. The lowest BCUT2D eigenvalue weighted by atomic mass is 10.0. The van der Waals surface area contributed by atoms with Crippen molar-refractivity contribution in [2.45, 2.75) is 32.7 Å². The van der Waals surface area contributed by atoms with Crippen LogP contribution in [0.1, 0.15) is 37.6 Å². The van der Waals surface area contributed by atoms with Gasteiger partial charge in [0.15, 0.2) is 0 Å². The van der Waals surface area contributed by atoms with Gasteiger partial charge in [0.1, 0.15) is 0 Å². The van der Waals surface area contributed by atoms with Crippen molar-refractivity contribution < 1.29 is 14.7 Å². The zero-order valence-corrected chi connectivity index (χ0v) is 13.5. The quantitative estimate of drug-likeness (QED) is 0.824. The third-order valence-electron chi connectivity index (χ3n) is 2.71. The molecule has 5 heteroatoms. The molecule has 0 bridgehead atoms. The third kappa shape index (κ3) is 4.49. The van der Waals surface area contributed by atoms with E-state index in [-0.39, 0.29) is 18.9 Å². The Morgan fingerprint density at radius 3 is 2.32 bits per heavy atom. The summed E-state index contributed by atoms with van der Waals surface area (Å²) in [4.78, 5) is 24.9. The van der Waals surface area contributed by atoms with Crippen LogP contribution in [0.15, 0.2) is 24.3 Å². The lowest BCUT2D eigenvalue weighted by Gasteiger charge is -2.35. The molecule has 0 aliphatic carbocycles. The van der Waals surface area contributed by atoms with Gasteiger partial charge in [-0.25, -0.2) is 0 Å². The predicted molar refractivity (Wildman–Crippen MR) is 82.2 cm³/mol. The van der Waals surface area contributed by atoms with Gasteiger partial charge in [-0.05, 0) is 55.5 Å². The van der Waals surface area contributed by atoms with Crippen LogP contribution >= 0.6 is 22.6 Å². The van der Waals surface area contributed by atoms with Gasteiger partial charge in [-0.1, -0.05) is 12.1 Å². The van der Waals surface area contributed by atoms with Crippen LogP contribution in [0.25, 0.3) is 0 Å². The van der Waals surface area contributed by atoms with Gasteiger partial charge in [0.05, 0.1) is 12.0 Å². The van der Waals surface area contributed by atoms with Gasteiger partial charge in [-0.2, -0.15) is 0 Å². The molecule has 4 nitrogen and oxygen atoms in total. The summed E-state index contributed by atoms with van der Waals surface area (Å²) in [5.74, 6) is -1.02. The number of carbonyl (C=O) groups is 2. The molecule has 0 atom stereocenters. The number of amides is 1. The van der Waals surface area contributed by atoms with E-state index in [4.69, 9.17) is 5.11 Å². The maximum Gasteiger partial charge on any atom is 0.305 e. The predicted octanol–water partition coefficient (Wildman–Crippen LogP) is 3.01. The fourth-order valence-corrected chi connectivity index (χ4v) is 2.35. The van der Waals surface area contributed by atoms with Gasteiger partial charge in [-0.15, -0.1) is 0 Å². The van der Waals surface area contributed by atoms with E-state index < -0.39 is 11.5 Å². The number of hydrogen-bond acceptors (Lipinski definition) is 2. The SMILES string of the molecule is CC(C)(C)N(CCC(=O)O)C(=O)c1ccccc1I. The Balaban J connectivity index is 3.02. The molecule has 104 valence electrons. The van der Waals surface area contributed by atoms with E-state index in [1.807, 2.05) is 39.0 Å². The van der Waals surface area contributed by atoms with E-state index in [1.165, 1.54) is 0 Å². The van der Waals surface area contributed by atoms with Gasteiger partial charge >= 0.3 is 5.97 Å². The summed E-state index contributed by atoms with van der Waals surface area (Å²) in [5.41, 5.74) is 0.203. The van der Waals surface area contributed by atoms with Crippen molar-refractivity contribution in [3.63, 3.8) is 0 Å². The maximum atomic E-state index is 12.6. The molecule has 0 aliphatic rings. The average Bonchev–Trinajstić information content (AvgIpc) is 2.27. The monoisotopic (exact) mass is 375 g/mol. The van der Waals surface area contributed by atoms with Crippen molar-refractivity contribution in [3.05, 3.63) is 33.4 Å². The summed E-state index contributed by atoms with van der Waals surface area (Å²) < 4.78 is 0.870. The molecule has 0 spiro atoms. The van der Waals surface area contributed by atoms with E-state index in [1.54, 1.807) is 11.0 Å². The van der Waals surface area contributed by atoms with Crippen LogP contribution < -0.4 is 0 Å². The fourth-order valence-electron chi connectivity index (χ4n) is 1.73. The highest BCUT2D eigenvalue weighted by Crippen LogP contribution is 2.20. The van der Waals surface area contributed by atoms with Gasteiger partial charge in [0.25, 0.3) is 5.91 Å². The number of halogens is 1. The molecular formula is C14H18INO3. The van der Waals surface area contributed by atoms with Crippen molar-refractivity contribution in [3.8, 4) is 0 Å². The molecule has 0 fully saturated rings. The second-order valence-corrected chi connectivity index (χ2v) is 6.41. The number of aliphatic carboxylic acids is 1. The number of carboxylic acids is 1. The Labute approximate surface area is 126 Å². The average molecular weight is 375 g/mol. The Hall–Kier alpha value is -1.11. The first kappa shape index (κ1) is 15.9. The van der Waals surface area contributed by atoms with Crippen LogP contribution in [0.2, 0.25) is 0 Å². The van der Waals surface area contributed by atoms with Gasteiger partial charge in [-0.3, -0.25) is 9.59 Å². The van der Waals surface area contributed by atoms with E-state index in [2.05, 4.69) is 22.6 Å². The molecule has 1 N–H and O–H groups in total. The Morgan fingerprint density at radius 2 is 1.84 bits per heavy atom. The van der Waals surface area contributed by atoms with Gasteiger partial charge < -0.3 is 10.0 Å². The summed E-state index contributed by atoms with van der Waals surface area (Å²) in [6, 6.07) is 7.32. The molecule has 0 unspecified atom stereocenters. The molecule has 0 heterocycles. The summed E-state index contributed by atoms with van der Waals surface area (Å²) >= 11 is 2.12. The highest BCUT2D eigenvalue weighted by atomic mass is 127. The minimum atomic E-state index is -0.898. The summed E-state index contributed by atoms with van der Waals surface area (Å²) in [6.45, 7) is 5.93. The van der Waals surface area contributed by atoms with Gasteiger partial charge in [0, 0.05) is 15.7 Å². The summed E-state index contributed by atoms with van der Waals surface area (Å²) in [5, 5.41) is 8.80. The first-order valence-electron chi connectivity index (χ1n) is 6.02. The zero-order chi connectivity index (χ0) is 14.6. The summed E-state index contributed by atoms with van der Waals surface area (Å²) in [7, 11) is 0. The number of benzene rings is 1. The van der Waals surface area contributed by atoms with Crippen molar-refractivity contribution in [2.75, 3.05) is 6.54 Å². The van der Waals surface area contributed by atoms with Crippen LogP contribution in [-0.2, 0) is 4.79 Å². The van der Waals surface area contributed by atoms with E-state index in [0.717, 1.165) is 3.57 Å². The standard InChI is InChI=1S/C14H18INO3/c1-14(2,3)16(9-8-12(17)18)13(19)10-6-4-5-7-11(10)15/h4-7H,8-9H2,1-3H3,(H,17,18). The number of hydrogen-bond donors (Lipinski definition) is 1. The van der Waals surface area contributed by atoms with Crippen LogP contribution in [0.4, 0.5) is 0 Å². The highest BCUT2D eigenvalue weighted by Gasteiger charge is 2.28. The molecule has 0 radical (unpaired) electrons. The van der Waals surface area contributed by atoms with Crippen LogP contribution in [-0.4, -0.2) is 34.0 Å². The van der Waals surface area contributed by atoms with Crippen molar-refractivity contribution in [2.24, 2.45) is 0 Å². The topological polar surface area (TPSA) is 57.6 Å². The smallest absolute Gasteiger partial charge is 0.305 e. The molecule has 1 aromatic rings. The Morgan fingerprint density at radius 1 is 1.26 bits per heavy atom. The lowest BCUT2D eigenvalue weighted by molar-refractivity contribution is -0.137. The van der Waals surface area contributed by atoms with Crippen LogP contribution in [0, 0.1) is 3.57 Å². The first-order chi connectivity index (χ1) is 8.73. The Bertz CT molecular complexity index is 480. The second-order valence-electron chi connectivity index (χ2n) is 5.25. The largest absolute Gasteiger partial charge is 0.481 e. The molecule has 1 rings (SSSR count). The number of carbonyl (C=O) groups excluding carboxylic acids is 1. The minimum absolute atomic E-state index is 0.0492. The van der Waals surface area contributed by atoms with Crippen molar-refractivity contribution >= 4 is 34.5 Å². The lowest BCUT2D eigenvalue weighted by Crippen LogP contribution is -2.46. The zero-order valence-electron chi connectivity index (χ0n) is 11.3. The highest BCUT2D eigenvalue weighted by molar-refractivity contribution is 14.1. The van der Waals surface area contributed by atoms with Crippen molar-refractivity contribution in [1.82, 2.24) is 4.90 Å². The molecule has 0 aromatic heterocycles. The fraction of sp³-hybridized carbons (Fsp3) is 0.429. The molecular weight excluding hydrogens is 357 g/mol. The molecule has 0 aliphatic heterocycles. The summed E-state index contributed by atoms with van der Waals surface area (Å²) in [6.07, 6.45) is -0.0492. The first-order valence-corrected chi connectivity index (χ1v) is 7.09. The number of carboxylic acid groups (broad SMARTS) is 1. The molecule has 0 saturated heterocycles. The third-order valence-corrected chi connectivity index (χ3v) is 3.65. The normalized spacial score (nSPS) is 11.2. The van der Waals surface area contributed by atoms with E-state index in [0.29, 0.717) is 5.56 Å². The van der Waals surface area contributed by atoms with Crippen LogP contribution in [0.3, 0.4) is 0 Å². The number of rotatable bonds is 4. The van der Waals surface area contributed by atoms with Crippen LogP contribution in [0.5, 0.6) is 0 Å². The van der Waals surface area contributed by atoms with Crippen molar-refractivity contribution in [1.29, 1.82) is 0 Å². The molecule has 19 heavy (non-hydrogen) atoms. The molecule has 0 saturated carbocycles. The van der Waals surface area contributed by atoms with E-state index in [9.17, 15) is 9.59 Å².